The third-order valence-electron chi connectivity index (χ3n) is 5.54. The van der Waals surface area contributed by atoms with Gasteiger partial charge in [0.2, 0.25) is 0 Å². The van der Waals surface area contributed by atoms with E-state index in [9.17, 15) is 23.5 Å². The highest BCUT2D eigenvalue weighted by Gasteiger charge is 2.43. The molecule has 0 spiro atoms. The standard InChI is InChI=1S/C18H17F3N4O3S/c19-18(20,21)15(26)11-3-4-12(16-22-5-6-29-16)14-13(11)23-17(28-14)24-7-9-1-2-10(8-24)25(9)27/h3-6,9-10,15,26-27H,1-2,7-8H2. The Morgan fingerprint density at radius 3 is 2.55 bits per heavy atom. The normalized spacial score (nSPS) is 23.8. The zero-order valence-corrected chi connectivity index (χ0v) is 15.8. The predicted molar refractivity (Wildman–Crippen MR) is 98.8 cm³/mol. The number of hydroxylamine groups is 2. The van der Waals surface area contributed by atoms with Gasteiger partial charge in [0.25, 0.3) is 6.01 Å². The number of thiazole rings is 1. The van der Waals surface area contributed by atoms with Gasteiger partial charge in [-0.1, -0.05) is 6.07 Å². The SMILES string of the molecule is OC(c1ccc(-c2nccs2)c2oc(N3CC4CCC(C3)N4O)nc12)C(F)(F)F. The number of fused-ring (bicyclic) bond motifs is 3. The van der Waals surface area contributed by atoms with Crippen LogP contribution in [0.3, 0.4) is 0 Å². The number of hydrogen-bond donors (Lipinski definition) is 2. The average molecular weight is 426 g/mol. The molecule has 11 heteroatoms. The molecule has 7 nitrogen and oxygen atoms in total. The molecule has 5 rings (SSSR count). The molecular weight excluding hydrogens is 409 g/mol. The Balaban J connectivity index is 1.63. The van der Waals surface area contributed by atoms with Gasteiger partial charge in [0.1, 0.15) is 10.5 Å². The molecule has 0 amide bonds. The van der Waals surface area contributed by atoms with Crippen LogP contribution in [0.15, 0.2) is 28.1 Å². The van der Waals surface area contributed by atoms with Gasteiger partial charge in [-0.3, -0.25) is 0 Å². The molecule has 2 bridgehead atoms. The molecule has 4 heterocycles. The molecule has 1 aromatic carbocycles. The zero-order chi connectivity index (χ0) is 20.3. The van der Waals surface area contributed by atoms with Crippen LogP contribution in [0.25, 0.3) is 21.7 Å². The van der Waals surface area contributed by atoms with Gasteiger partial charge < -0.3 is 19.6 Å². The number of aliphatic hydroxyl groups is 1. The average Bonchev–Trinajstić information content (AvgIpc) is 3.39. The predicted octanol–water partition coefficient (Wildman–Crippen LogP) is 3.59. The van der Waals surface area contributed by atoms with Crippen molar-refractivity contribution in [1.82, 2.24) is 15.0 Å². The monoisotopic (exact) mass is 426 g/mol. The number of hydrogen-bond acceptors (Lipinski definition) is 8. The molecule has 2 aliphatic rings. The Labute approximate surface area is 167 Å². The summed E-state index contributed by atoms with van der Waals surface area (Å²) < 4.78 is 45.5. The van der Waals surface area contributed by atoms with Crippen molar-refractivity contribution in [3.8, 4) is 10.6 Å². The smallest absolute Gasteiger partial charge is 0.418 e. The van der Waals surface area contributed by atoms with Crippen LogP contribution >= 0.6 is 11.3 Å². The first kappa shape index (κ1) is 18.8. The molecule has 3 atom stereocenters. The van der Waals surface area contributed by atoms with E-state index in [1.807, 2.05) is 4.90 Å². The molecule has 2 saturated heterocycles. The second-order valence-corrected chi connectivity index (χ2v) is 8.22. The van der Waals surface area contributed by atoms with E-state index in [4.69, 9.17) is 4.42 Å². The molecule has 3 aromatic rings. The third kappa shape index (κ3) is 3.08. The van der Waals surface area contributed by atoms with E-state index in [0.717, 1.165) is 12.8 Å². The molecule has 2 N–H and O–H groups in total. The fraction of sp³-hybridized carbons (Fsp3) is 0.444. The van der Waals surface area contributed by atoms with E-state index in [-0.39, 0.29) is 34.8 Å². The van der Waals surface area contributed by atoms with Crippen molar-refractivity contribution in [2.24, 2.45) is 0 Å². The molecule has 2 aliphatic heterocycles. The highest BCUT2D eigenvalue weighted by Crippen LogP contribution is 2.41. The summed E-state index contributed by atoms with van der Waals surface area (Å²) in [7, 11) is 0. The molecule has 2 fully saturated rings. The Morgan fingerprint density at radius 2 is 1.93 bits per heavy atom. The second kappa shape index (κ2) is 6.66. The largest absolute Gasteiger partial charge is 0.423 e. The van der Waals surface area contributed by atoms with Crippen LogP contribution in [-0.2, 0) is 0 Å². The molecular formula is C18H17F3N4O3S. The number of alkyl halides is 3. The highest BCUT2D eigenvalue weighted by molar-refractivity contribution is 7.13. The van der Waals surface area contributed by atoms with E-state index < -0.39 is 12.3 Å². The Hall–Kier alpha value is -2.21. The summed E-state index contributed by atoms with van der Waals surface area (Å²) >= 11 is 1.33. The summed E-state index contributed by atoms with van der Waals surface area (Å²) in [6.07, 6.45) is -4.23. The van der Waals surface area contributed by atoms with E-state index in [1.165, 1.54) is 28.5 Å². The quantitative estimate of drug-likeness (QED) is 0.662. The van der Waals surface area contributed by atoms with Gasteiger partial charge in [-0.15, -0.1) is 11.3 Å². The highest BCUT2D eigenvalue weighted by atomic mass is 32.1. The maximum Gasteiger partial charge on any atom is 0.418 e. The number of rotatable bonds is 3. The Kier molecular flexibility index (Phi) is 4.32. The molecule has 154 valence electrons. The van der Waals surface area contributed by atoms with Gasteiger partial charge in [0, 0.05) is 30.2 Å². The molecule has 3 unspecified atom stereocenters. The summed E-state index contributed by atoms with van der Waals surface area (Å²) in [5.74, 6) is 0. The van der Waals surface area contributed by atoms with Crippen LogP contribution in [0.2, 0.25) is 0 Å². The van der Waals surface area contributed by atoms with E-state index >= 15 is 0 Å². The molecule has 0 radical (unpaired) electrons. The fourth-order valence-corrected chi connectivity index (χ4v) is 4.77. The second-order valence-electron chi connectivity index (χ2n) is 7.33. The van der Waals surface area contributed by atoms with E-state index in [2.05, 4.69) is 9.97 Å². The fourth-order valence-electron chi connectivity index (χ4n) is 4.11. The lowest BCUT2D eigenvalue weighted by atomic mass is 10.0. The number of aromatic nitrogens is 2. The minimum atomic E-state index is -4.82. The Bertz CT molecular complexity index is 1030. The van der Waals surface area contributed by atoms with Crippen molar-refractivity contribution in [2.75, 3.05) is 18.0 Å². The van der Waals surface area contributed by atoms with Crippen molar-refractivity contribution >= 4 is 28.5 Å². The van der Waals surface area contributed by atoms with Gasteiger partial charge >= 0.3 is 6.18 Å². The lowest BCUT2D eigenvalue weighted by Crippen LogP contribution is -2.52. The summed E-state index contributed by atoms with van der Waals surface area (Å²) in [5, 5.41) is 23.6. The van der Waals surface area contributed by atoms with Crippen LogP contribution in [0, 0.1) is 0 Å². The van der Waals surface area contributed by atoms with Gasteiger partial charge in [-0.2, -0.15) is 23.2 Å². The van der Waals surface area contributed by atoms with Crippen LogP contribution in [0.5, 0.6) is 0 Å². The third-order valence-corrected chi connectivity index (χ3v) is 6.35. The molecule has 0 saturated carbocycles. The first-order valence-corrected chi connectivity index (χ1v) is 10.0. The van der Waals surface area contributed by atoms with E-state index in [0.29, 0.717) is 23.7 Å². The van der Waals surface area contributed by atoms with Crippen LogP contribution in [-0.4, -0.2) is 56.7 Å². The Morgan fingerprint density at radius 1 is 1.21 bits per heavy atom. The van der Waals surface area contributed by atoms with Gasteiger partial charge in [-0.05, 0) is 18.9 Å². The summed E-state index contributed by atoms with van der Waals surface area (Å²) in [5.41, 5.74) is 0.299. The lowest BCUT2D eigenvalue weighted by Gasteiger charge is -2.36. The first-order chi connectivity index (χ1) is 13.8. The van der Waals surface area contributed by atoms with Gasteiger partial charge in [-0.25, -0.2) is 4.98 Å². The van der Waals surface area contributed by atoms with Crippen LogP contribution in [0.4, 0.5) is 19.2 Å². The number of piperazine rings is 1. The molecule has 0 aliphatic carbocycles. The maximum absolute atomic E-state index is 13.2. The number of aliphatic hydroxyl groups excluding tert-OH is 1. The minimum absolute atomic E-state index is 0.0312. The minimum Gasteiger partial charge on any atom is -0.423 e. The van der Waals surface area contributed by atoms with Crippen LogP contribution < -0.4 is 4.90 Å². The topological polar surface area (TPSA) is 85.9 Å². The van der Waals surface area contributed by atoms with Gasteiger partial charge in [0.15, 0.2) is 11.7 Å². The number of halogens is 3. The van der Waals surface area contributed by atoms with Crippen molar-refractivity contribution in [3.05, 3.63) is 29.3 Å². The van der Waals surface area contributed by atoms with Crippen molar-refractivity contribution in [2.45, 2.75) is 37.2 Å². The molecule has 29 heavy (non-hydrogen) atoms. The lowest BCUT2D eigenvalue weighted by molar-refractivity contribution is -0.206. The number of oxazole rings is 1. The zero-order valence-electron chi connectivity index (χ0n) is 15.0. The number of benzene rings is 1. The van der Waals surface area contributed by atoms with Crippen molar-refractivity contribution in [3.63, 3.8) is 0 Å². The van der Waals surface area contributed by atoms with Crippen LogP contribution in [0.1, 0.15) is 24.5 Å². The van der Waals surface area contributed by atoms with E-state index in [1.54, 1.807) is 11.6 Å². The summed E-state index contributed by atoms with van der Waals surface area (Å²) in [6.45, 7) is 0.924. The molecule has 2 aromatic heterocycles. The number of nitrogens with zero attached hydrogens (tertiary/aromatic N) is 4. The maximum atomic E-state index is 13.2. The number of anilines is 1. The first-order valence-electron chi connectivity index (χ1n) is 9.13. The van der Waals surface area contributed by atoms with Crippen molar-refractivity contribution in [1.29, 1.82) is 0 Å². The van der Waals surface area contributed by atoms with Gasteiger partial charge in [0.05, 0.1) is 17.6 Å². The summed E-state index contributed by atoms with van der Waals surface area (Å²) in [6, 6.07) is 2.74. The summed E-state index contributed by atoms with van der Waals surface area (Å²) in [4.78, 5) is 10.4. The van der Waals surface area contributed by atoms with Crippen molar-refractivity contribution < 1.29 is 27.9 Å².